The number of benzene rings is 2. The van der Waals surface area contributed by atoms with Crippen LogP contribution in [-0.4, -0.2) is 16.2 Å². The molecular weight excluding hydrogens is 240 g/mol. The van der Waals surface area contributed by atoms with E-state index in [1.54, 1.807) is 12.1 Å². The lowest BCUT2D eigenvalue weighted by atomic mass is 9.91. The Kier molecular flexibility index (Phi) is 3.40. The lowest BCUT2D eigenvalue weighted by molar-refractivity contribution is -0.157. The van der Waals surface area contributed by atoms with E-state index in [0.29, 0.717) is 5.56 Å². The van der Waals surface area contributed by atoms with Crippen LogP contribution in [0, 0.1) is 6.92 Å². The van der Waals surface area contributed by atoms with Gasteiger partial charge in [-0.05, 0) is 36.1 Å². The van der Waals surface area contributed by atoms with E-state index < -0.39 is 11.6 Å². The molecule has 0 saturated carbocycles. The van der Waals surface area contributed by atoms with Crippen molar-refractivity contribution in [1.29, 1.82) is 0 Å². The molecule has 3 nitrogen and oxygen atoms in total. The van der Waals surface area contributed by atoms with E-state index in [2.05, 4.69) is 0 Å². The molecule has 1 unspecified atom stereocenters. The van der Waals surface area contributed by atoms with E-state index in [0.717, 1.165) is 16.7 Å². The molecule has 0 aliphatic rings. The van der Waals surface area contributed by atoms with Crippen LogP contribution in [-0.2, 0) is 10.4 Å². The maximum atomic E-state index is 11.0. The van der Waals surface area contributed by atoms with Gasteiger partial charge in [-0.1, -0.05) is 48.5 Å². The standard InChI is InChI=1S/C16H16O3/c1-11-10-13(16(2,19)15(17)18)8-9-14(11)12-6-4-3-5-7-12/h3-10,19H,1-2H3,(H,17,18). The highest BCUT2D eigenvalue weighted by Gasteiger charge is 2.32. The van der Waals surface area contributed by atoms with Gasteiger partial charge in [0.2, 0.25) is 0 Å². The number of carboxylic acids is 1. The highest BCUT2D eigenvalue weighted by molar-refractivity contribution is 5.79. The lowest BCUT2D eigenvalue weighted by Crippen LogP contribution is -2.31. The molecule has 2 aromatic carbocycles. The quantitative estimate of drug-likeness (QED) is 0.887. The molecule has 0 bridgehead atoms. The molecule has 0 spiro atoms. The summed E-state index contributed by atoms with van der Waals surface area (Å²) in [5.41, 5.74) is 1.56. The van der Waals surface area contributed by atoms with Gasteiger partial charge in [0.1, 0.15) is 0 Å². The molecule has 19 heavy (non-hydrogen) atoms. The Hall–Kier alpha value is -2.13. The van der Waals surface area contributed by atoms with Gasteiger partial charge in [-0.3, -0.25) is 0 Å². The molecule has 0 saturated heterocycles. The molecule has 0 fully saturated rings. The molecule has 2 rings (SSSR count). The van der Waals surface area contributed by atoms with E-state index in [-0.39, 0.29) is 0 Å². The highest BCUT2D eigenvalue weighted by atomic mass is 16.4. The van der Waals surface area contributed by atoms with Crippen LogP contribution in [0.1, 0.15) is 18.1 Å². The summed E-state index contributed by atoms with van der Waals surface area (Å²) in [6, 6.07) is 15.1. The summed E-state index contributed by atoms with van der Waals surface area (Å²) in [7, 11) is 0. The zero-order valence-electron chi connectivity index (χ0n) is 10.9. The van der Waals surface area contributed by atoms with Gasteiger partial charge in [0, 0.05) is 0 Å². The number of hydrogen-bond acceptors (Lipinski definition) is 2. The minimum atomic E-state index is -1.86. The third-order valence-corrected chi connectivity index (χ3v) is 3.29. The van der Waals surface area contributed by atoms with Crippen LogP contribution >= 0.6 is 0 Å². The van der Waals surface area contributed by atoms with Crippen molar-refractivity contribution >= 4 is 5.97 Å². The minimum Gasteiger partial charge on any atom is -0.479 e. The lowest BCUT2D eigenvalue weighted by Gasteiger charge is -2.20. The third kappa shape index (κ3) is 2.51. The molecule has 98 valence electrons. The molecule has 1 atom stereocenters. The summed E-state index contributed by atoms with van der Waals surface area (Å²) in [5, 5.41) is 19.0. The highest BCUT2D eigenvalue weighted by Crippen LogP contribution is 2.28. The van der Waals surface area contributed by atoms with Crippen molar-refractivity contribution in [1.82, 2.24) is 0 Å². The Balaban J connectivity index is 2.47. The van der Waals surface area contributed by atoms with E-state index >= 15 is 0 Å². The fraction of sp³-hybridized carbons (Fsp3) is 0.188. The van der Waals surface area contributed by atoms with Crippen LogP contribution in [0.2, 0.25) is 0 Å². The fourth-order valence-electron chi connectivity index (χ4n) is 2.03. The number of aliphatic carboxylic acids is 1. The van der Waals surface area contributed by atoms with Crippen molar-refractivity contribution in [3.05, 3.63) is 59.7 Å². The van der Waals surface area contributed by atoms with Crippen LogP contribution < -0.4 is 0 Å². The first-order valence-electron chi connectivity index (χ1n) is 6.05. The normalized spacial score (nSPS) is 13.8. The fourth-order valence-corrected chi connectivity index (χ4v) is 2.03. The van der Waals surface area contributed by atoms with Crippen molar-refractivity contribution in [2.75, 3.05) is 0 Å². The zero-order chi connectivity index (χ0) is 14.0. The first-order chi connectivity index (χ1) is 8.93. The number of aliphatic hydroxyl groups is 1. The molecule has 3 heteroatoms. The van der Waals surface area contributed by atoms with Gasteiger partial charge in [-0.2, -0.15) is 0 Å². The molecule has 0 aromatic heterocycles. The van der Waals surface area contributed by atoms with Gasteiger partial charge < -0.3 is 10.2 Å². The first-order valence-corrected chi connectivity index (χ1v) is 6.05. The van der Waals surface area contributed by atoms with E-state index in [9.17, 15) is 9.90 Å². The Bertz CT molecular complexity index is 601. The average molecular weight is 256 g/mol. The summed E-state index contributed by atoms with van der Waals surface area (Å²) in [6.45, 7) is 3.19. The summed E-state index contributed by atoms with van der Waals surface area (Å²) >= 11 is 0. The molecule has 0 aliphatic heterocycles. The summed E-state index contributed by atoms with van der Waals surface area (Å²) in [6.07, 6.45) is 0. The molecule has 2 aromatic rings. The largest absolute Gasteiger partial charge is 0.479 e. The molecule has 0 aliphatic carbocycles. The Morgan fingerprint density at radius 2 is 1.74 bits per heavy atom. The maximum Gasteiger partial charge on any atom is 0.340 e. The van der Waals surface area contributed by atoms with Crippen LogP contribution in [0.5, 0.6) is 0 Å². The number of hydrogen-bond donors (Lipinski definition) is 2. The zero-order valence-corrected chi connectivity index (χ0v) is 10.9. The van der Waals surface area contributed by atoms with E-state index in [1.807, 2.05) is 43.3 Å². The summed E-state index contributed by atoms with van der Waals surface area (Å²) in [5.74, 6) is -1.25. The van der Waals surface area contributed by atoms with E-state index in [4.69, 9.17) is 5.11 Å². The van der Waals surface area contributed by atoms with Crippen molar-refractivity contribution < 1.29 is 15.0 Å². The van der Waals surface area contributed by atoms with Crippen molar-refractivity contribution in [3.8, 4) is 11.1 Å². The number of rotatable bonds is 3. The van der Waals surface area contributed by atoms with Gasteiger partial charge in [0.05, 0.1) is 0 Å². The predicted molar refractivity (Wildman–Crippen MR) is 73.8 cm³/mol. The monoisotopic (exact) mass is 256 g/mol. The predicted octanol–water partition coefficient (Wildman–Crippen LogP) is 2.95. The summed E-state index contributed by atoms with van der Waals surface area (Å²) in [4.78, 5) is 11.0. The van der Waals surface area contributed by atoms with Gasteiger partial charge in [-0.25, -0.2) is 4.79 Å². The van der Waals surface area contributed by atoms with Gasteiger partial charge in [0.25, 0.3) is 0 Å². The second-order valence-electron chi connectivity index (χ2n) is 4.77. The second kappa shape index (κ2) is 4.86. The summed E-state index contributed by atoms with van der Waals surface area (Å²) < 4.78 is 0. The minimum absolute atomic E-state index is 0.386. The topological polar surface area (TPSA) is 57.5 Å². The molecule has 0 heterocycles. The Morgan fingerprint density at radius 1 is 1.11 bits per heavy atom. The SMILES string of the molecule is Cc1cc(C(C)(O)C(=O)O)ccc1-c1ccccc1. The molecule has 2 N–H and O–H groups in total. The third-order valence-electron chi connectivity index (χ3n) is 3.29. The van der Waals surface area contributed by atoms with Crippen LogP contribution in [0.4, 0.5) is 0 Å². The second-order valence-corrected chi connectivity index (χ2v) is 4.77. The van der Waals surface area contributed by atoms with Crippen molar-refractivity contribution in [2.24, 2.45) is 0 Å². The Labute approximate surface area is 112 Å². The van der Waals surface area contributed by atoms with Crippen molar-refractivity contribution in [3.63, 3.8) is 0 Å². The number of aryl methyl sites for hydroxylation is 1. The number of carbonyl (C=O) groups is 1. The van der Waals surface area contributed by atoms with Gasteiger partial charge in [0.15, 0.2) is 5.60 Å². The molecule has 0 amide bonds. The van der Waals surface area contributed by atoms with Crippen molar-refractivity contribution in [2.45, 2.75) is 19.4 Å². The van der Waals surface area contributed by atoms with Crippen LogP contribution in [0.3, 0.4) is 0 Å². The smallest absolute Gasteiger partial charge is 0.340 e. The van der Waals surface area contributed by atoms with E-state index in [1.165, 1.54) is 6.92 Å². The molecular formula is C16H16O3. The van der Waals surface area contributed by atoms with Gasteiger partial charge >= 0.3 is 5.97 Å². The maximum absolute atomic E-state index is 11.0. The first kappa shape index (κ1) is 13.3. The Morgan fingerprint density at radius 3 is 2.26 bits per heavy atom. The van der Waals surface area contributed by atoms with Crippen LogP contribution in [0.25, 0.3) is 11.1 Å². The van der Waals surface area contributed by atoms with Crippen LogP contribution in [0.15, 0.2) is 48.5 Å². The van der Waals surface area contributed by atoms with Gasteiger partial charge in [-0.15, -0.1) is 0 Å². The number of carboxylic acid groups (broad SMARTS) is 1. The average Bonchev–Trinajstić information content (AvgIpc) is 2.39. The molecule has 0 radical (unpaired) electrons.